The maximum Gasteiger partial charge on any atom is 0.0967 e. The summed E-state index contributed by atoms with van der Waals surface area (Å²) in [5.74, 6) is 0. The van der Waals surface area contributed by atoms with E-state index >= 15 is 0 Å². The number of rotatable bonds is 12. The molecule has 206 valence electrons. The number of hydrogen-bond donors (Lipinski definition) is 3. The fourth-order valence-electron chi connectivity index (χ4n) is 5.25. The molecule has 0 aliphatic carbocycles. The topological polar surface area (TPSA) is 36.1 Å². The first-order valence-corrected chi connectivity index (χ1v) is 14.9. The fourth-order valence-corrected chi connectivity index (χ4v) is 5.25. The fraction of sp³-hybridized carbons (Fsp3) is 0.294. The molecule has 0 saturated heterocycles. The smallest absolute Gasteiger partial charge is 0.0967 e. The Kier molecular flexibility index (Phi) is 13.1. The zero-order chi connectivity index (χ0) is 27.9. The van der Waals surface area contributed by atoms with E-state index < -0.39 is 0 Å². The van der Waals surface area contributed by atoms with Crippen LogP contribution in [0.15, 0.2) is 91.0 Å². The van der Waals surface area contributed by atoms with Gasteiger partial charge in [0, 0.05) is 36.7 Å². The maximum atomic E-state index is 4.76. The molecule has 3 nitrogen and oxygen atoms in total. The quantitative estimate of drug-likeness (QED) is 0.151. The van der Waals surface area contributed by atoms with E-state index in [4.69, 9.17) is 23.2 Å². The zero-order valence-corrected chi connectivity index (χ0v) is 24.9. The van der Waals surface area contributed by atoms with Crippen molar-refractivity contribution in [1.82, 2.24) is 0 Å². The molecule has 0 aliphatic heterocycles. The monoisotopic (exact) mass is 561 g/mol. The summed E-state index contributed by atoms with van der Waals surface area (Å²) in [6.07, 6.45) is 3.05. The molecule has 0 radical (unpaired) electrons. The molecular formula is C34H41Cl2N3. The molecule has 0 fully saturated rings. The maximum absolute atomic E-state index is 4.76. The molecule has 5 heteroatoms. The first kappa shape index (κ1) is 30.4. The SMILES string of the molecule is CCc1c(CNc2ccccc2)c(CC)c(CNc2ccccc2)c(CC)c1CNc1ccccc1.ClCCl. The number of nitrogens with one attached hydrogen (secondary N) is 3. The third-order valence-corrected chi connectivity index (χ3v) is 6.98. The number of halogens is 2. The van der Waals surface area contributed by atoms with Crippen molar-refractivity contribution in [2.75, 3.05) is 21.3 Å². The van der Waals surface area contributed by atoms with Gasteiger partial charge < -0.3 is 16.0 Å². The molecule has 0 amide bonds. The van der Waals surface area contributed by atoms with E-state index in [1.54, 1.807) is 0 Å². The van der Waals surface area contributed by atoms with E-state index in [-0.39, 0.29) is 5.34 Å². The third kappa shape index (κ3) is 8.68. The highest BCUT2D eigenvalue weighted by Gasteiger charge is 2.21. The highest BCUT2D eigenvalue weighted by molar-refractivity contribution is 6.40. The minimum atomic E-state index is 0.194. The lowest BCUT2D eigenvalue weighted by atomic mass is 9.83. The van der Waals surface area contributed by atoms with Crippen LogP contribution in [0.1, 0.15) is 54.2 Å². The predicted octanol–water partition coefficient (Wildman–Crippen LogP) is 9.63. The summed E-state index contributed by atoms with van der Waals surface area (Å²) < 4.78 is 0. The van der Waals surface area contributed by atoms with E-state index in [2.05, 4.69) is 128 Å². The Labute approximate surface area is 245 Å². The average Bonchev–Trinajstić information content (AvgIpc) is 2.99. The van der Waals surface area contributed by atoms with Crippen LogP contribution in [0.2, 0.25) is 0 Å². The van der Waals surface area contributed by atoms with Gasteiger partial charge in [-0.3, -0.25) is 0 Å². The van der Waals surface area contributed by atoms with Crippen molar-refractivity contribution in [3.63, 3.8) is 0 Å². The van der Waals surface area contributed by atoms with E-state index in [0.717, 1.165) is 56.0 Å². The predicted molar refractivity (Wildman–Crippen MR) is 172 cm³/mol. The van der Waals surface area contributed by atoms with Crippen LogP contribution in [0.3, 0.4) is 0 Å². The Morgan fingerprint density at radius 3 is 0.846 bits per heavy atom. The van der Waals surface area contributed by atoms with E-state index in [0.29, 0.717) is 0 Å². The van der Waals surface area contributed by atoms with Crippen LogP contribution in [0, 0.1) is 0 Å². The summed E-state index contributed by atoms with van der Waals surface area (Å²) in [5, 5.41) is 11.3. The molecular weight excluding hydrogens is 521 g/mol. The molecule has 0 bridgehead atoms. The molecule has 0 heterocycles. The zero-order valence-electron chi connectivity index (χ0n) is 23.4. The Bertz CT molecular complexity index is 1070. The van der Waals surface area contributed by atoms with Gasteiger partial charge in [0.05, 0.1) is 5.34 Å². The van der Waals surface area contributed by atoms with Crippen LogP contribution in [0.4, 0.5) is 17.1 Å². The van der Waals surface area contributed by atoms with Crippen LogP contribution >= 0.6 is 23.2 Å². The second-order valence-corrected chi connectivity index (χ2v) is 10.00. The van der Waals surface area contributed by atoms with Crippen molar-refractivity contribution in [2.24, 2.45) is 0 Å². The van der Waals surface area contributed by atoms with E-state index in [1.807, 2.05) is 0 Å². The van der Waals surface area contributed by atoms with Crippen LogP contribution < -0.4 is 16.0 Å². The van der Waals surface area contributed by atoms with E-state index in [9.17, 15) is 0 Å². The van der Waals surface area contributed by atoms with Crippen LogP contribution in [-0.2, 0) is 38.9 Å². The van der Waals surface area contributed by atoms with Gasteiger partial charge >= 0.3 is 0 Å². The van der Waals surface area contributed by atoms with Crippen molar-refractivity contribution < 1.29 is 0 Å². The van der Waals surface area contributed by atoms with Gasteiger partial charge in [-0.1, -0.05) is 75.4 Å². The molecule has 0 unspecified atom stereocenters. The van der Waals surface area contributed by atoms with Gasteiger partial charge in [0.2, 0.25) is 0 Å². The lowest BCUT2D eigenvalue weighted by molar-refractivity contribution is 0.884. The van der Waals surface area contributed by atoms with Gasteiger partial charge in [0.15, 0.2) is 0 Å². The van der Waals surface area contributed by atoms with Gasteiger partial charge in [-0.2, -0.15) is 0 Å². The second kappa shape index (κ2) is 16.7. The molecule has 0 aromatic heterocycles. The van der Waals surface area contributed by atoms with Crippen LogP contribution in [0.5, 0.6) is 0 Å². The number of hydrogen-bond acceptors (Lipinski definition) is 3. The number of para-hydroxylation sites is 3. The van der Waals surface area contributed by atoms with Gasteiger partial charge in [0.25, 0.3) is 0 Å². The molecule has 0 aliphatic rings. The van der Waals surface area contributed by atoms with Gasteiger partial charge in [0.1, 0.15) is 0 Å². The normalized spacial score (nSPS) is 10.4. The molecule has 0 spiro atoms. The highest BCUT2D eigenvalue weighted by Crippen LogP contribution is 2.32. The van der Waals surface area contributed by atoms with Crippen molar-refractivity contribution >= 4 is 40.3 Å². The van der Waals surface area contributed by atoms with Crippen LogP contribution in [-0.4, -0.2) is 5.34 Å². The van der Waals surface area contributed by atoms with Gasteiger partial charge in [-0.25, -0.2) is 0 Å². The van der Waals surface area contributed by atoms with E-state index in [1.165, 1.54) is 33.4 Å². The van der Waals surface area contributed by atoms with Crippen molar-refractivity contribution in [2.45, 2.75) is 59.7 Å². The number of benzene rings is 4. The molecule has 4 aromatic carbocycles. The molecule has 3 N–H and O–H groups in total. The number of alkyl halides is 2. The first-order chi connectivity index (χ1) is 19.2. The summed E-state index contributed by atoms with van der Waals surface area (Å²) in [6, 6.07) is 31.6. The summed E-state index contributed by atoms with van der Waals surface area (Å²) in [4.78, 5) is 0. The average molecular weight is 563 g/mol. The van der Waals surface area contributed by atoms with Gasteiger partial charge in [-0.15, -0.1) is 23.2 Å². The minimum Gasteiger partial charge on any atom is -0.381 e. The lowest BCUT2D eigenvalue weighted by Crippen LogP contribution is -2.18. The molecule has 0 saturated carbocycles. The van der Waals surface area contributed by atoms with Crippen molar-refractivity contribution in [1.29, 1.82) is 0 Å². The Morgan fingerprint density at radius 1 is 0.410 bits per heavy atom. The summed E-state index contributed by atoms with van der Waals surface area (Å²) in [7, 11) is 0. The van der Waals surface area contributed by atoms with Crippen molar-refractivity contribution in [3.05, 3.63) is 124 Å². The first-order valence-electron chi connectivity index (χ1n) is 13.8. The Morgan fingerprint density at radius 2 is 0.641 bits per heavy atom. The standard InChI is InChI=1S/C33H39N3.CH2Cl2/c1-4-28-31(22-34-25-16-10-7-11-17-25)29(5-2)33(24-36-27-20-14-9-15-21-27)30(6-3)32(28)23-35-26-18-12-8-13-19-26;2-1-3/h7-21,34-36H,4-6,22-24H2,1-3H3;1H2. The lowest BCUT2D eigenvalue weighted by Gasteiger charge is -2.27. The number of anilines is 3. The Balaban J connectivity index is 0.00000134. The summed E-state index contributed by atoms with van der Waals surface area (Å²) in [6.45, 7) is 9.39. The van der Waals surface area contributed by atoms with Crippen LogP contribution in [0.25, 0.3) is 0 Å². The molecule has 4 aromatic rings. The molecule has 0 atom stereocenters. The summed E-state index contributed by atoms with van der Waals surface area (Å²) in [5.41, 5.74) is 12.3. The highest BCUT2D eigenvalue weighted by atomic mass is 35.5. The Hall–Kier alpha value is -3.14. The second-order valence-electron chi connectivity index (χ2n) is 9.19. The minimum absolute atomic E-state index is 0.194. The molecule has 4 rings (SSSR count). The summed E-state index contributed by atoms with van der Waals surface area (Å²) >= 11 is 9.53. The third-order valence-electron chi connectivity index (χ3n) is 6.98. The molecule has 39 heavy (non-hydrogen) atoms. The largest absolute Gasteiger partial charge is 0.381 e. The van der Waals surface area contributed by atoms with Gasteiger partial charge in [-0.05, 0) is 89.0 Å². The van der Waals surface area contributed by atoms with Crippen molar-refractivity contribution in [3.8, 4) is 0 Å².